The Hall–Kier alpha value is -1.36. The van der Waals surface area contributed by atoms with Gasteiger partial charge in [0.15, 0.2) is 5.65 Å². The zero-order valence-corrected chi connectivity index (χ0v) is 8.84. The highest BCUT2D eigenvalue weighted by Gasteiger charge is 2.06. The van der Waals surface area contributed by atoms with E-state index in [-0.39, 0.29) is 5.04 Å². The third kappa shape index (κ3) is 1.39. The predicted molar refractivity (Wildman–Crippen MR) is 58.3 cm³/mol. The molecule has 0 amide bonds. The largest absolute Gasteiger partial charge is 0.303 e. The van der Waals surface area contributed by atoms with Crippen molar-refractivity contribution in [3.05, 3.63) is 29.5 Å². The van der Waals surface area contributed by atoms with Gasteiger partial charge < -0.3 is 4.40 Å². The fourth-order valence-electron chi connectivity index (χ4n) is 1.42. The van der Waals surface area contributed by atoms with E-state index in [2.05, 4.69) is 22.6 Å². The monoisotopic (exact) mass is 206 g/mol. The minimum Gasteiger partial charge on any atom is -0.303 e. The van der Waals surface area contributed by atoms with Crippen LogP contribution in [0.3, 0.4) is 0 Å². The van der Waals surface area contributed by atoms with Gasteiger partial charge in [-0.25, -0.2) is 4.98 Å². The zero-order valence-electron chi connectivity index (χ0n) is 7.94. The van der Waals surface area contributed by atoms with Crippen LogP contribution in [0.15, 0.2) is 12.4 Å². The number of imidazole rings is 1. The molecule has 5 heteroatoms. The van der Waals surface area contributed by atoms with E-state index in [1.54, 1.807) is 6.20 Å². The van der Waals surface area contributed by atoms with Crippen molar-refractivity contribution >= 4 is 23.3 Å². The van der Waals surface area contributed by atoms with E-state index in [1.165, 1.54) is 0 Å². The van der Waals surface area contributed by atoms with Crippen LogP contribution in [0.4, 0.5) is 0 Å². The SMILES string of the molecule is Cc1cn2cc(C(=N)S)nc2c(C)n1. The van der Waals surface area contributed by atoms with Crippen molar-refractivity contribution in [3.8, 4) is 0 Å². The summed E-state index contributed by atoms with van der Waals surface area (Å²) < 4.78 is 1.87. The second kappa shape index (κ2) is 3.09. The average Bonchev–Trinajstić information content (AvgIpc) is 2.47. The van der Waals surface area contributed by atoms with Gasteiger partial charge in [0.25, 0.3) is 0 Å². The van der Waals surface area contributed by atoms with Crippen LogP contribution < -0.4 is 0 Å². The molecule has 2 rings (SSSR count). The molecular formula is C9H10N4S. The van der Waals surface area contributed by atoms with Crippen molar-refractivity contribution in [2.45, 2.75) is 13.8 Å². The molecule has 72 valence electrons. The van der Waals surface area contributed by atoms with E-state index < -0.39 is 0 Å². The molecule has 0 saturated heterocycles. The van der Waals surface area contributed by atoms with Crippen LogP contribution in [-0.2, 0) is 0 Å². The highest BCUT2D eigenvalue weighted by atomic mass is 32.1. The second-order valence-electron chi connectivity index (χ2n) is 3.17. The summed E-state index contributed by atoms with van der Waals surface area (Å²) >= 11 is 3.95. The molecule has 0 aliphatic rings. The summed E-state index contributed by atoms with van der Waals surface area (Å²) in [5, 5.41) is 7.53. The van der Waals surface area contributed by atoms with Crippen LogP contribution >= 0.6 is 12.6 Å². The fraction of sp³-hybridized carbons (Fsp3) is 0.222. The third-order valence-corrected chi connectivity index (χ3v) is 2.20. The van der Waals surface area contributed by atoms with Crippen molar-refractivity contribution in [1.82, 2.24) is 14.4 Å². The number of thiol groups is 1. The van der Waals surface area contributed by atoms with E-state index in [9.17, 15) is 0 Å². The number of rotatable bonds is 1. The number of nitrogens with zero attached hydrogens (tertiary/aromatic N) is 3. The summed E-state index contributed by atoms with van der Waals surface area (Å²) in [6.45, 7) is 3.83. The minimum atomic E-state index is 0.172. The number of fused-ring (bicyclic) bond motifs is 1. The lowest BCUT2D eigenvalue weighted by Gasteiger charge is -1.98. The van der Waals surface area contributed by atoms with Crippen molar-refractivity contribution in [3.63, 3.8) is 0 Å². The Morgan fingerprint density at radius 3 is 2.71 bits per heavy atom. The predicted octanol–water partition coefficient (Wildman–Crippen LogP) is 1.60. The smallest absolute Gasteiger partial charge is 0.159 e. The number of nitrogens with one attached hydrogen (secondary N) is 1. The van der Waals surface area contributed by atoms with E-state index in [0.717, 1.165) is 17.0 Å². The maximum atomic E-state index is 7.36. The van der Waals surface area contributed by atoms with Gasteiger partial charge in [0.2, 0.25) is 0 Å². The van der Waals surface area contributed by atoms with Crippen LogP contribution in [0.1, 0.15) is 17.1 Å². The van der Waals surface area contributed by atoms with Gasteiger partial charge in [0, 0.05) is 12.4 Å². The van der Waals surface area contributed by atoms with Gasteiger partial charge in [0.05, 0.1) is 11.4 Å². The summed E-state index contributed by atoms with van der Waals surface area (Å²) in [5.74, 6) is 0. The Labute approximate surface area is 86.9 Å². The summed E-state index contributed by atoms with van der Waals surface area (Å²) in [7, 11) is 0. The molecule has 4 nitrogen and oxygen atoms in total. The molecule has 0 bridgehead atoms. The lowest BCUT2D eigenvalue weighted by molar-refractivity contribution is 1.03. The molecule has 0 aliphatic heterocycles. The van der Waals surface area contributed by atoms with Crippen LogP contribution in [0.5, 0.6) is 0 Å². The molecule has 0 aliphatic carbocycles. The summed E-state index contributed by atoms with van der Waals surface area (Å²) in [4.78, 5) is 8.55. The molecule has 0 fully saturated rings. The summed E-state index contributed by atoms with van der Waals surface area (Å²) in [6, 6.07) is 0. The van der Waals surface area contributed by atoms with Crippen LogP contribution in [0.2, 0.25) is 0 Å². The van der Waals surface area contributed by atoms with Gasteiger partial charge in [-0.05, 0) is 13.8 Å². The van der Waals surface area contributed by atoms with E-state index in [1.807, 2.05) is 24.4 Å². The second-order valence-corrected chi connectivity index (χ2v) is 3.62. The summed E-state index contributed by atoms with van der Waals surface area (Å²) in [5.41, 5.74) is 3.16. The van der Waals surface area contributed by atoms with Gasteiger partial charge >= 0.3 is 0 Å². The van der Waals surface area contributed by atoms with Gasteiger partial charge in [-0.15, -0.1) is 12.6 Å². The van der Waals surface area contributed by atoms with Crippen molar-refractivity contribution in [2.24, 2.45) is 0 Å². The van der Waals surface area contributed by atoms with E-state index in [0.29, 0.717) is 5.69 Å². The first-order valence-corrected chi connectivity index (χ1v) is 4.63. The average molecular weight is 206 g/mol. The topological polar surface area (TPSA) is 54.0 Å². The van der Waals surface area contributed by atoms with Crippen molar-refractivity contribution in [2.75, 3.05) is 0 Å². The number of hydrogen-bond acceptors (Lipinski definition) is 3. The lowest BCUT2D eigenvalue weighted by Crippen LogP contribution is -1.93. The normalized spacial score (nSPS) is 10.8. The van der Waals surface area contributed by atoms with Gasteiger partial charge in [-0.1, -0.05) is 0 Å². The number of aryl methyl sites for hydroxylation is 2. The molecule has 0 atom stereocenters. The Bertz CT molecular complexity index is 515. The maximum absolute atomic E-state index is 7.36. The fourth-order valence-corrected chi connectivity index (χ4v) is 1.53. The van der Waals surface area contributed by atoms with E-state index >= 15 is 0 Å². The Kier molecular flexibility index (Phi) is 2.03. The molecule has 0 radical (unpaired) electrons. The number of hydrogen-bond donors (Lipinski definition) is 2. The van der Waals surface area contributed by atoms with Crippen molar-refractivity contribution in [1.29, 1.82) is 5.41 Å². The van der Waals surface area contributed by atoms with E-state index in [4.69, 9.17) is 5.41 Å². The molecule has 0 saturated carbocycles. The quantitative estimate of drug-likeness (QED) is 0.423. The molecular weight excluding hydrogens is 196 g/mol. The van der Waals surface area contributed by atoms with Gasteiger partial charge in [-0.2, -0.15) is 0 Å². The summed E-state index contributed by atoms with van der Waals surface area (Å²) in [6.07, 6.45) is 3.67. The van der Waals surface area contributed by atoms with Crippen LogP contribution in [-0.4, -0.2) is 19.4 Å². The first-order chi connectivity index (χ1) is 6.58. The molecule has 0 spiro atoms. The number of aromatic nitrogens is 3. The van der Waals surface area contributed by atoms with Crippen molar-refractivity contribution < 1.29 is 0 Å². The molecule has 0 aromatic carbocycles. The van der Waals surface area contributed by atoms with Crippen LogP contribution in [0.25, 0.3) is 5.65 Å². The molecule has 1 N–H and O–H groups in total. The Balaban J connectivity index is 2.76. The first kappa shape index (κ1) is 9.21. The molecule has 2 aromatic heterocycles. The molecule has 0 unspecified atom stereocenters. The van der Waals surface area contributed by atoms with Crippen LogP contribution in [0, 0.1) is 19.3 Å². The molecule has 2 aromatic rings. The van der Waals surface area contributed by atoms with Gasteiger partial charge in [0.1, 0.15) is 10.7 Å². The lowest BCUT2D eigenvalue weighted by atomic mass is 10.4. The first-order valence-electron chi connectivity index (χ1n) is 4.19. The Morgan fingerprint density at radius 2 is 2.07 bits per heavy atom. The highest BCUT2D eigenvalue weighted by Crippen LogP contribution is 2.10. The molecule has 2 heterocycles. The maximum Gasteiger partial charge on any atom is 0.159 e. The molecule has 14 heavy (non-hydrogen) atoms. The highest BCUT2D eigenvalue weighted by molar-refractivity contribution is 7.97. The minimum absolute atomic E-state index is 0.172. The Morgan fingerprint density at radius 1 is 1.36 bits per heavy atom. The van der Waals surface area contributed by atoms with Gasteiger partial charge in [-0.3, -0.25) is 10.4 Å². The zero-order chi connectivity index (χ0) is 10.3. The third-order valence-electron chi connectivity index (χ3n) is 1.97. The standard InChI is InChI=1S/C9H10N4S/c1-5-3-13-4-7(8(10)14)12-9(13)6(2)11-5/h3-4H,1-2H3,(H2,10,14).